The summed E-state index contributed by atoms with van der Waals surface area (Å²) in [5.74, 6) is 1.35. The maximum atomic E-state index is 9.99. The second kappa shape index (κ2) is 6.84. The Morgan fingerprint density at radius 1 is 1.23 bits per heavy atom. The number of aliphatic hydroxyl groups excluding tert-OH is 1. The molecule has 7 nitrogen and oxygen atoms in total. The van der Waals surface area contributed by atoms with Gasteiger partial charge in [0.1, 0.15) is 5.76 Å². The van der Waals surface area contributed by atoms with Gasteiger partial charge in [0.2, 0.25) is 5.95 Å². The summed E-state index contributed by atoms with van der Waals surface area (Å²) < 4.78 is 5.37. The molecule has 0 unspecified atom stereocenters. The fourth-order valence-corrected chi connectivity index (χ4v) is 3.42. The Kier molecular flexibility index (Phi) is 4.38. The molecule has 1 aliphatic rings. The number of aliphatic hydroxyl groups is 1. The van der Waals surface area contributed by atoms with Gasteiger partial charge in [0.05, 0.1) is 23.1 Å². The van der Waals surface area contributed by atoms with Gasteiger partial charge < -0.3 is 14.5 Å². The molecule has 0 bridgehead atoms. The van der Waals surface area contributed by atoms with Crippen molar-refractivity contribution in [2.24, 2.45) is 0 Å². The maximum Gasteiger partial charge on any atom is 0.225 e. The lowest BCUT2D eigenvalue weighted by Crippen LogP contribution is -2.39. The van der Waals surface area contributed by atoms with E-state index >= 15 is 0 Å². The molecule has 0 amide bonds. The summed E-state index contributed by atoms with van der Waals surface area (Å²) in [6, 6.07) is 3.87. The first-order valence-electron chi connectivity index (χ1n) is 8.77. The van der Waals surface area contributed by atoms with Gasteiger partial charge in [0.15, 0.2) is 0 Å². The van der Waals surface area contributed by atoms with E-state index in [1.165, 1.54) is 0 Å². The van der Waals surface area contributed by atoms with Crippen LogP contribution in [0, 0.1) is 13.8 Å². The summed E-state index contributed by atoms with van der Waals surface area (Å²) in [4.78, 5) is 15.6. The molecule has 0 saturated carbocycles. The van der Waals surface area contributed by atoms with E-state index in [1.807, 2.05) is 37.1 Å². The Labute approximate surface area is 151 Å². The first-order valence-corrected chi connectivity index (χ1v) is 8.77. The third-order valence-corrected chi connectivity index (χ3v) is 4.72. The summed E-state index contributed by atoms with van der Waals surface area (Å²) in [6.45, 7) is 5.19. The van der Waals surface area contributed by atoms with E-state index in [-0.39, 0.29) is 6.10 Å². The van der Waals surface area contributed by atoms with E-state index in [9.17, 15) is 5.11 Å². The topological polar surface area (TPSA) is 88.2 Å². The molecular formula is C19H21N5O2. The van der Waals surface area contributed by atoms with E-state index in [1.54, 1.807) is 12.4 Å². The third kappa shape index (κ3) is 3.06. The fraction of sp³-hybridized carbons (Fsp3) is 0.368. The van der Waals surface area contributed by atoms with Crippen LogP contribution in [0.3, 0.4) is 0 Å². The number of hydrogen-bond donors (Lipinski definition) is 1. The lowest BCUT2D eigenvalue weighted by Gasteiger charge is -2.30. The maximum absolute atomic E-state index is 9.99. The molecule has 3 aromatic heterocycles. The van der Waals surface area contributed by atoms with Crippen molar-refractivity contribution < 1.29 is 9.63 Å². The minimum Gasteiger partial charge on any atom is -0.391 e. The molecule has 0 spiro atoms. The third-order valence-electron chi connectivity index (χ3n) is 4.72. The number of hydrogen-bond acceptors (Lipinski definition) is 7. The number of pyridine rings is 1. The van der Waals surface area contributed by atoms with Gasteiger partial charge in [-0.15, -0.1) is 0 Å². The van der Waals surface area contributed by atoms with Gasteiger partial charge in [-0.2, -0.15) is 0 Å². The molecule has 4 heterocycles. The van der Waals surface area contributed by atoms with Crippen LogP contribution >= 0.6 is 0 Å². The van der Waals surface area contributed by atoms with Crippen molar-refractivity contribution in [3.63, 3.8) is 0 Å². The molecule has 4 rings (SSSR count). The lowest BCUT2D eigenvalue weighted by molar-refractivity contribution is 0.153. The highest BCUT2D eigenvalue weighted by Gasteiger charge is 2.23. The fourth-order valence-electron chi connectivity index (χ4n) is 3.42. The minimum absolute atomic E-state index is 0.338. The quantitative estimate of drug-likeness (QED) is 0.776. The highest BCUT2D eigenvalue weighted by Crippen LogP contribution is 2.35. The van der Waals surface area contributed by atoms with Gasteiger partial charge in [-0.25, -0.2) is 9.97 Å². The Morgan fingerprint density at radius 3 is 2.73 bits per heavy atom. The summed E-state index contributed by atoms with van der Waals surface area (Å²) in [6.07, 6.45) is 6.75. The summed E-state index contributed by atoms with van der Waals surface area (Å²) >= 11 is 0. The van der Waals surface area contributed by atoms with Crippen LogP contribution in [0.15, 0.2) is 35.2 Å². The summed E-state index contributed by atoms with van der Waals surface area (Å²) in [5, 5.41) is 14.1. The highest BCUT2D eigenvalue weighted by molar-refractivity contribution is 5.82. The van der Waals surface area contributed by atoms with Crippen LogP contribution in [0.4, 0.5) is 5.95 Å². The predicted molar refractivity (Wildman–Crippen MR) is 97.7 cm³/mol. The Morgan fingerprint density at radius 2 is 2.04 bits per heavy atom. The van der Waals surface area contributed by atoms with Gasteiger partial charge in [-0.1, -0.05) is 5.16 Å². The van der Waals surface area contributed by atoms with Crippen LogP contribution in [0.2, 0.25) is 0 Å². The zero-order valence-corrected chi connectivity index (χ0v) is 14.9. The minimum atomic E-state index is -0.338. The number of nitrogens with zero attached hydrogens (tertiary/aromatic N) is 5. The molecule has 26 heavy (non-hydrogen) atoms. The van der Waals surface area contributed by atoms with Crippen molar-refractivity contribution in [2.45, 2.75) is 32.8 Å². The van der Waals surface area contributed by atoms with Gasteiger partial charge in [0, 0.05) is 37.2 Å². The van der Waals surface area contributed by atoms with Crippen molar-refractivity contribution in [3.8, 4) is 22.4 Å². The summed E-state index contributed by atoms with van der Waals surface area (Å²) in [7, 11) is 0. The molecule has 3 aromatic rings. The van der Waals surface area contributed by atoms with Crippen molar-refractivity contribution in [1.82, 2.24) is 20.1 Å². The average Bonchev–Trinajstić information content (AvgIpc) is 3.00. The average molecular weight is 351 g/mol. The SMILES string of the molecule is Cc1noc(C)c1-c1nc(N2CCC[C@@H](O)C2)ncc1-c1ccncc1. The van der Waals surface area contributed by atoms with Crippen LogP contribution < -0.4 is 4.90 Å². The molecule has 1 saturated heterocycles. The smallest absolute Gasteiger partial charge is 0.225 e. The van der Waals surface area contributed by atoms with Gasteiger partial charge in [-0.05, 0) is 44.4 Å². The van der Waals surface area contributed by atoms with E-state index in [0.29, 0.717) is 12.5 Å². The first kappa shape index (κ1) is 16.7. The Balaban J connectivity index is 1.85. The van der Waals surface area contributed by atoms with Crippen LogP contribution in [0.1, 0.15) is 24.3 Å². The zero-order valence-electron chi connectivity index (χ0n) is 14.9. The number of anilines is 1. The molecule has 1 aliphatic heterocycles. The molecule has 0 aliphatic carbocycles. The largest absolute Gasteiger partial charge is 0.391 e. The summed E-state index contributed by atoms with van der Waals surface area (Å²) in [5.41, 5.74) is 4.36. The Bertz CT molecular complexity index is 890. The van der Waals surface area contributed by atoms with Crippen molar-refractivity contribution in [3.05, 3.63) is 42.2 Å². The van der Waals surface area contributed by atoms with Crippen LogP contribution in [-0.4, -0.2) is 44.4 Å². The van der Waals surface area contributed by atoms with Gasteiger partial charge >= 0.3 is 0 Å². The standard InChI is InChI=1S/C19H21N5O2/c1-12-17(13(2)26-23-12)18-16(14-5-7-20-8-6-14)10-21-19(22-18)24-9-3-4-15(25)11-24/h5-8,10,15,25H,3-4,9,11H2,1-2H3/t15-/m1/s1. The molecular weight excluding hydrogens is 330 g/mol. The second-order valence-electron chi connectivity index (χ2n) is 6.61. The first-order chi connectivity index (χ1) is 12.6. The highest BCUT2D eigenvalue weighted by atomic mass is 16.5. The lowest BCUT2D eigenvalue weighted by atomic mass is 10.0. The molecule has 0 aromatic carbocycles. The monoisotopic (exact) mass is 351 g/mol. The second-order valence-corrected chi connectivity index (χ2v) is 6.61. The number of piperidine rings is 1. The number of rotatable bonds is 3. The Hall–Kier alpha value is -2.80. The van der Waals surface area contributed by atoms with E-state index in [4.69, 9.17) is 9.51 Å². The van der Waals surface area contributed by atoms with Gasteiger partial charge in [0.25, 0.3) is 0 Å². The number of aryl methyl sites for hydroxylation is 2. The molecule has 0 radical (unpaired) electrons. The predicted octanol–water partition coefficient (Wildman–Crippen LogP) is 2.77. The van der Waals surface area contributed by atoms with Crippen LogP contribution in [0.5, 0.6) is 0 Å². The van der Waals surface area contributed by atoms with Crippen molar-refractivity contribution >= 4 is 5.95 Å². The zero-order chi connectivity index (χ0) is 18.1. The molecule has 134 valence electrons. The molecule has 7 heteroatoms. The van der Waals surface area contributed by atoms with Crippen molar-refractivity contribution in [1.29, 1.82) is 0 Å². The van der Waals surface area contributed by atoms with E-state index < -0.39 is 0 Å². The van der Waals surface area contributed by atoms with Crippen molar-refractivity contribution in [2.75, 3.05) is 18.0 Å². The van der Waals surface area contributed by atoms with Crippen LogP contribution in [-0.2, 0) is 0 Å². The molecule has 1 atom stereocenters. The molecule has 1 fully saturated rings. The van der Waals surface area contributed by atoms with E-state index in [2.05, 4.69) is 15.1 Å². The molecule has 1 N–H and O–H groups in total. The number of β-amino-alcohol motifs (C(OH)–C–C–N with tert-alkyl or cyclic N) is 1. The van der Waals surface area contributed by atoms with Crippen LogP contribution in [0.25, 0.3) is 22.4 Å². The number of aromatic nitrogens is 4. The normalized spacial score (nSPS) is 17.5. The van der Waals surface area contributed by atoms with E-state index in [0.717, 1.165) is 53.2 Å². The van der Waals surface area contributed by atoms with Gasteiger partial charge in [-0.3, -0.25) is 4.98 Å².